The zero-order chi connectivity index (χ0) is 14.1. The van der Waals surface area contributed by atoms with E-state index >= 15 is 0 Å². The second kappa shape index (κ2) is 3.59. The van der Waals surface area contributed by atoms with E-state index < -0.39 is 16.9 Å². The van der Waals surface area contributed by atoms with Crippen molar-refractivity contribution in [2.45, 2.75) is 37.2 Å². The summed E-state index contributed by atoms with van der Waals surface area (Å²) >= 11 is 0. The summed E-state index contributed by atoms with van der Waals surface area (Å²) in [6.07, 6.45) is 1.70. The smallest absolute Gasteiger partial charge is 0.149 e. The molecule has 0 amide bonds. The maximum Gasteiger partial charge on any atom is 0.149 e. The van der Waals surface area contributed by atoms with Gasteiger partial charge < -0.3 is 5.11 Å². The van der Waals surface area contributed by atoms with Crippen LogP contribution in [-0.2, 0) is 15.0 Å². The Morgan fingerprint density at radius 1 is 1.10 bits per heavy atom. The van der Waals surface area contributed by atoms with Crippen LogP contribution in [0.5, 0.6) is 0 Å². The van der Waals surface area contributed by atoms with Gasteiger partial charge >= 0.3 is 0 Å². The lowest BCUT2D eigenvalue weighted by Crippen LogP contribution is -2.71. The van der Waals surface area contributed by atoms with Gasteiger partial charge in [-0.1, -0.05) is 30.3 Å². The Kier molecular flexibility index (Phi) is 2.20. The molecule has 0 radical (unpaired) electrons. The highest BCUT2D eigenvalue weighted by molar-refractivity contribution is 6.09. The van der Waals surface area contributed by atoms with Gasteiger partial charge in [-0.05, 0) is 31.7 Å². The summed E-state index contributed by atoms with van der Waals surface area (Å²) in [6.45, 7) is 1.80. The fraction of sp³-hybridized carbons (Fsp3) is 0.529. The Bertz CT molecular complexity index is 604. The number of hydrogen-bond acceptors (Lipinski definition) is 3. The molecule has 1 aromatic carbocycles. The van der Waals surface area contributed by atoms with Crippen LogP contribution in [-0.4, -0.2) is 22.3 Å². The Morgan fingerprint density at radius 3 is 2.50 bits per heavy atom. The van der Waals surface area contributed by atoms with Crippen molar-refractivity contribution in [2.75, 3.05) is 0 Å². The summed E-state index contributed by atoms with van der Waals surface area (Å²) in [7, 11) is 0. The lowest BCUT2D eigenvalue weighted by atomic mass is 9.41. The fourth-order valence-electron chi connectivity index (χ4n) is 4.96. The number of benzene rings is 1. The summed E-state index contributed by atoms with van der Waals surface area (Å²) in [5.74, 6) is -0.807. The molecule has 4 saturated carbocycles. The van der Waals surface area contributed by atoms with Crippen LogP contribution >= 0.6 is 0 Å². The zero-order valence-electron chi connectivity index (χ0n) is 11.5. The van der Waals surface area contributed by atoms with Gasteiger partial charge in [0.05, 0.1) is 11.5 Å². The van der Waals surface area contributed by atoms with Crippen LogP contribution in [0.4, 0.5) is 0 Å². The van der Waals surface area contributed by atoms with E-state index in [1.54, 1.807) is 6.92 Å². The minimum atomic E-state index is -1.04. The van der Waals surface area contributed by atoms with Gasteiger partial charge in [-0.25, -0.2) is 0 Å². The summed E-state index contributed by atoms with van der Waals surface area (Å²) in [6, 6.07) is 9.93. The molecule has 3 heteroatoms. The van der Waals surface area contributed by atoms with Crippen molar-refractivity contribution >= 4 is 11.6 Å². The quantitative estimate of drug-likeness (QED) is 0.793. The molecule has 104 valence electrons. The van der Waals surface area contributed by atoms with Gasteiger partial charge in [0.1, 0.15) is 11.6 Å². The summed E-state index contributed by atoms with van der Waals surface area (Å²) < 4.78 is 0. The van der Waals surface area contributed by atoms with E-state index in [1.165, 1.54) is 0 Å². The summed E-state index contributed by atoms with van der Waals surface area (Å²) in [4.78, 5) is 24.7. The maximum absolute atomic E-state index is 12.4. The van der Waals surface area contributed by atoms with Gasteiger partial charge in [0.2, 0.25) is 0 Å². The number of Topliss-reactive ketones (excluding diaryl/α,β-unsaturated/α-hetero) is 2. The molecule has 5 rings (SSSR count). The van der Waals surface area contributed by atoms with E-state index in [9.17, 15) is 14.7 Å². The van der Waals surface area contributed by atoms with Crippen molar-refractivity contribution in [1.29, 1.82) is 0 Å². The molecule has 4 aliphatic rings. The average Bonchev–Trinajstić information content (AvgIpc) is 2.43. The normalized spacial score (nSPS) is 46.0. The van der Waals surface area contributed by atoms with Crippen molar-refractivity contribution in [1.82, 2.24) is 0 Å². The van der Waals surface area contributed by atoms with Gasteiger partial charge in [0.15, 0.2) is 0 Å². The van der Waals surface area contributed by atoms with Crippen LogP contribution in [0.15, 0.2) is 30.3 Å². The zero-order valence-corrected chi connectivity index (χ0v) is 11.5. The minimum Gasteiger partial charge on any atom is -0.388 e. The van der Waals surface area contributed by atoms with Crippen LogP contribution in [0.3, 0.4) is 0 Å². The van der Waals surface area contributed by atoms with E-state index in [0.717, 1.165) is 5.56 Å². The fourth-order valence-corrected chi connectivity index (χ4v) is 4.96. The van der Waals surface area contributed by atoms with Crippen LogP contribution in [0.2, 0.25) is 0 Å². The third kappa shape index (κ3) is 1.20. The van der Waals surface area contributed by atoms with E-state index in [1.807, 2.05) is 30.3 Å². The average molecular weight is 270 g/mol. The SMILES string of the molecule is CC1(O)[C@@H]2C[C@@H]3C[C@@]1(c1ccccc1)C[C@@H](C3=O)C2=O. The van der Waals surface area contributed by atoms with Gasteiger partial charge in [0.25, 0.3) is 0 Å². The maximum atomic E-state index is 12.4. The van der Waals surface area contributed by atoms with Gasteiger partial charge in [-0.3, -0.25) is 9.59 Å². The van der Waals surface area contributed by atoms with E-state index in [2.05, 4.69) is 0 Å². The number of rotatable bonds is 1. The van der Waals surface area contributed by atoms with Crippen molar-refractivity contribution in [3.05, 3.63) is 35.9 Å². The molecule has 20 heavy (non-hydrogen) atoms. The Hall–Kier alpha value is -1.48. The third-order valence-electron chi connectivity index (χ3n) is 6.07. The molecule has 1 aromatic rings. The number of carbonyl (C=O) groups is 2. The van der Waals surface area contributed by atoms with Crippen molar-refractivity contribution < 1.29 is 14.7 Å². The first-order valence-electron chi connectivity index (χ1n) is 7.33. The van der Waals surface area contributed by atoms with Crippen LogP contribution in [0, 0.1) is 17.8 Å². The molecule has 5 atom stereocenters. The molecular formula is C17H18O3. The molecule has 0 saturated heterocycles. The van der Waals surface area contributed by atoms with Gasteiger partial charge in [-0.2, -0.15) is 0 Å². The lowest BCUT2D eigenvalue weighted by molar-refractivity contribution is -0.189. The Balaban J connectivity index is 1.92. The van der Waals surface area contributed by atoms with E-state index in [-0.39, 0.29) is 23.4 Å². The number of hydrogen-bond donors (Lipinski definition) is 1. The molecular weight excluding hydrogens is 252 g/mol. The second-order valence-electron chi connectivity index (χ2n) is 6.85. The van der Waals surface area contributed by atoms with E-state index in [4.69, 9.17) is 0 Å². The van der Waals surface area contributed by atoms with Gasteiger partial charge in [0, 0.05) is 17.3 Å². The highest BCUT2D eigenvalue weighted by Gasteiger charge is 2.69. The molecule has 0 spiro atoms. The Morgan fingerprint density at radius 2 is 1.80 bits per heavy atom. The lowest BCUT2D eigenvalue weighted by Gasteiger charge is -2.62. The van der Waals surface area contributed by atoms with Crippen LogP contribution in [0.1, 0.15) is 31.7 Å². The first-order chi connectivity index (χ1) is 9.47. The van der Waals surface area contributed by atoms with Crippen molar-refractivity contribution in [3.8, 4) is 0 Å². The molecule has 3 nitrogen and oxygen atoms in total. The molecule has 4 aliphatic carbocycles. The predicted octanol–water partition coefficient (Wildman–Crippen LogP) is 1.87. The molecule has 4 fully saturated rings. The topological polar surface area (TPSA) is 54.4 Å². The molecule has 1 N–H and O–H groups in total. The molecule has 0 aliphatic heterocycles. The number of carbonyl (C=O) groups excluding carboxylic acids is 2. The predicted molar refractivity (Wildman–Crippen MR) is 73.1 cm³/mol. The first kappa shape index (κ1) is 12.3. The molecule has 0 aromatic heterocycles. The standard InChI is InChI=1S/C17H18O3/c1-16(20)13-7-10-8-17(16,11-5-3-2-4-6-11)9-12(14(10)18)15(13)19/h2-6,10,12-13,20H,7-9H2,1H3/t10-,12+,13-,16?,17+/m1/s1. The summed E-state index contributed by atoms with van der Waals surface area (Å²) in [5, 5.41) is 11.1. The minimum absolute atomic E-state index is 0.0255. The Labute approximate surface area is 118 Å². The highest BCUT2D eigenvalue weighted by Crippen LogP contribution is 2.62. The highest BCUT2D eigenvalue weighted by atomic mass is 16.3. The van der Waals surface area contributed by atoms with Gasteiger partial charge in [-0.15, -0.1) is 0 Å². The first-order valence-corrected chi connectivity index (χ1v) is 7.33. The van der Waals surface area contributed by atoms with Crippen LogP contribution < -0.4 is 0 Å². The van der Waals surface area contributed by atoms with Crippen molar-refractivity contribution in [2.24, 2.45) is 17.8 Å². The van der Waals surface area contributed by atoms with E-state index in [0.29, 0.717) is 19.3 Å². The number of ketones is 2. The monoisotopic (exact) mass is 270 g/mol. The second-order valence-corrected chi connectivity index (χ2v) is 6.85. The molecule has 1 unspecified atom stereocenters. The molecule has 4 bridgehead atoms. The number of aliphatic hydroxyl groups is 1. The summed E-state index contributed by atoms with van der Waals surface area (Å²) in [5.41, 5.74) is -0.405. The van der Waals surface area contributed by atoms with Crippen molar-refractivity contribution in [3.63, 3.8) is 0 Å². The largest absolute Gasteiger partial charge is 0.388 e. The van der Waals surface area contributed by atoms with Crippen LogP contribution in [0.25, 0.3) is 0 Å². The third-order valence-corrected chi connectivity index (χ3v) is 6.07. The molecule has 0 heterocycles.